The van der Waals surface area contributed by atoms with E-state index in [9.17, 15) is 23.1 Å². The second kappa shape index (κ2) is 8.50. The summed E-state index contributed by atoms with van der Waals surface area (Å²) in [6.45, 7) is 1.55. The number of thioether (sulfide) groups is 1. The van der Waals surface area contributed by atoms with Gasteiger partial charge in [0.15, 0.2) is 5.78 Å². The lowest BCUT2D eigenvalue weighted by atomic mass is 9.90. The van der Waals surface area contributed by atoms with E-state index >= 15 is 0 Å². The number of hydrogen-bond acceptors (Lipinski definition) is 7. The predicted molar refractivity (Wildman–Crippen MR) is 115 cm³/mol. The maximum Gasteiger partial charge on any atom is 0.451 e. The molecule has 0 atom stereocenters. The molecular formula is C21H20F3N3O2S2. The van der Waals surface area contributed by atoms with Gasteiger partial charge in [0.1, 0.15) is 10.6 Å². The predicted octanol–water partition coefficient (Wildman–Crippen LogP) is 4.60. The summed E-state index contributed by atoms with van der Waals surface area (Å²) in [7, 11) is 2.00. The fourth-order valence-electron chi connectivity index (χ4n) is 3.46. The zero-order valence-corrected chi connectivity index (χ0v) is 18.3. The minimum absolute atomic E-state index is 0.0561. The standard InChI is InChI=1S/C21H20F3N3O2S2/c1-27-10-8-20(29,9-11-27)17-7-6-16(31-17)15(28)12-30-18-13-4-2-3-5-14(13)25-19(26-18)21(22,23)24/h2-7,29H,8-12H2,1H3. The summed E-state index contributed by atoms with van der Waals surface area (Å²) in [6, 6.07) is 9.88. The van der Waals surface area contributed by atoms with Gasteiger partial charge in [-0.05, 0) is 38.1 Å². The minimum atomic E-state index is -4.67. The highest BCUT2D eigenvalue weighted by Gasteiger charge is 2.36. The van der Waals surface area contributed by atoms with Gasteiger partial charge in [0.25, 0.3) is 0 Å². The van der Waals surface area contributed by atoms with E-state index in [1.165, 1.54) is 17.4 Å². The van der Waals surface area contributed by atoms with Gasteiger partial charge in [-0.1, -0.05) is 30.0 Å². The Morgan fingerprint density at radius 1 is 1.19 bits per heavy atom. The smallest absolute Gasteiger partial charge is 0.384 e. The van der Waals surface area contributed by atoms with Crippen LogP contribution in [0.4, 0.5) is 13.2 Å². The molecule has 3 heterocycles. The lowest BCUT2D eigenvalue weighted by molar-refractivity contribution is -0.145. The van der Waals surface area contributed by atoms with Crippen molar-refractivity contribution in [3.63, 3.8) is 0 Å². The first kappa shape index (κ1) is 22.2. The third-order valence-electron chi connectivity index (χ3n) is 5.32. The van der Waals surface area contributed by atoms with Gasteiger partial charge in [-0.25, -0.2) is 9.97 Å². The van der Waals surface area contributed by atoms with Crippen LogP contribution >= 0.6 is 23.1 Å². The maximum absolute atomic E-state index is 13.2. The maximum atomic E-state index is 13.2. The van der Waals surface area contributed by atoms with Crippen molar-refractivity contribution >= 4 is 39.8 Å². The molecule has 164 valence electrons. The zero-order valence-electron chi connectivity index (χ0n) is 16.6. The van der Waals surface area contributed by atoms with Crippen LogP contribution in [0.2, 0.25) is 0 Å². The monoisotopic (exact) mass is 467 g/mol. The molecule has 10 heteroatoms. The Kier molecular flexibility index (Phi) is 6.08. The second-order valence-corrected chi connectivity index (χ2v) is 9.63. The Bertz CT molecular complexity index is 1110. The molecule has 1 fully saturated rings. The van der Waals surface area contributed by atoms with Crippen molar-refractivity contribution in [3.8, 4) is 0 Å². The normalized spacial score (nSPS) is 17.2. The van der Waals surface area contributed by atoms with Gasteiger partial charge in [-0.3, -0.25) is 4.79 Å². The van der Waals surface area contributed by atoms with Crippen LogP contribution in [0.1, 0.15) is 33.2 Å². The van der Waals surface area contributed by atoms with Crippen molar-refractivity contribution in [1.29, 1.82) is 0 Å². The molecule has 1 N–H and O–H groups in total. The molecule has 1 aromatic carbocycles. The number of ketones is 1. The highest BCUT2D eigenvalue weighted by atomic mass is 32.2. The summed E-state index contributed by atoms with van der Waals surface area (Å²) in [5.74, 6) is -1.49. The number of carbonyl (C=O) groups excluding carboxylic acids is 1. The van der Waals surface area contributed by atoms with Crippen molar-refractivity contribution in [2.24, 2.45) is 0 Å². The molecule has 0 radical (unpaired) electrons. The summed E-state index contributed by atoms with van der Waals surface area (Å²) in [5, 5.41) is 11.5. The molecule has 4 rings (SSSR count). The molecule has 0 aliphatic carbocycles. The summed E-state index contributed by atoms with van der Waals surface area (Å²) in [5.41, 5.74) is -0.754. The van der Waals surface area contributed by atoms with Gasteiger partial charge in [0.05, 0.1) is 16.1 Å². The largest absolute Gasteiger partial charge is 0.451 e. The van der Waals surface area contributed by atoms with Gasteiger partial charge in [-0.2, -0.15) is 13.2 Å². The number of benzene rings is 1. The summed E-state index contributed by atoms with van der Waals surface area (Å²) < 4.78 is 39.5. The average molecular weight is 468 g/mol. The third kappa shape index (κ3) is 4.77. The van der Waals surface area contributed by atoms with E-state index in [1.54, 1.807) is 30.3 Å². The van der Waals surface area contributed by atoms with Crippen LogP contribution in [-0.4, -0.2) is 51.6 Å². The van der Waals surface area contributed by atoms with Crippen LogP contribution in [0.15, 0.2) is 41.4 Å². The number of hydrogen-bond donors (Lipinski definition) is 1. The van der Waals surface area contributed by atoms with Gasteiger partial charge in [0.2, 0.25) is 5.82 Å². The Morgan fingerprint density at radius 3 is 2.61 bits per heavy atom. The number of fused-ring (bicyclic) bond motifs is 1. The molecule has 1 saturated heterocycles. The SMILES string of the molecule is CN1CCC(O)(c2ccc(C(=O)CSc3nc(C(F)(F)F)nc4ccccc34)s2)CC1. The number of alkyl halides is 3. The highest BCUT2D eigenvalue weighted by Crippen LogP contribution is 2.37. The molecular weight excluding hydrogens is 447 g/mol. The van der Waals surface area contributed by atoms with E-state index in [4.69, 9.17) is 0 Å². The van der Waals surface area contributed by atoms with E-state index < -0.39 is 17.6 Å². The molecule has 2 aromatic heterocycles. The van der Waals surface area contributed by atoms with Crippen LogP contribution in [0.5, 0.6) is 0 Å². The number of halogens is 3. The fourth-order valence-corrected chi connectivity index (χ4v) is 5.55. The second-order valence-electron chi connectivity index (χ2n) is 7.58. The molecule has 5 nitrogen and oxygen atoms in total. The number of aliphatic hydroxyl groups is 1. The van der Waals surface area contributed by atoms with E-state index in [2.05, 4.69) is 14.9 Å². The molecule has 0 unspecified atom stereocenters. The molecule has 0 amide bonds. The first-order chi connectivity index (χ1) is 14.7. The van der Waals surface area contributed by atoms with Crippen molar-refractivity contribution < 1.29 is 23.1 Å². The molecule has 3 aromatic rings. The lowest BCUT2D eigenvalue weighted by Gasteiger charge is -2.35. The van der Waals surface area contributed by atoms with Crippen LogP contribution in [-0.2, 0) is 11.8 Å². The topological polar surface area (TPSA) is 66.3 Å². The number of aromatic nitrogens is 2. The first-order valence-electron chi connectivity index (χ1n) is 9.67. The number of Topliss-reactive ketones (excluding diaryl/α,β-unsaturated/α-hetero) is 1. The number of carbonyl (C=O) groups is 1. The number of rotatable bonds is 5. The van der Waals surface area contributed by atoms with Crippen LogP contribution in [0.3, 0.4) is 0 Å². The van der Waals surface area contributed by atoms with Crippen molar-refractivity contribution in [3.05, 3.63) is 52.0 Å². The highest BCUT2D eigenvalue weighted by molar-refractivity contribution is 8.00. The zero-order chi connectivity index (χ0) is 22.2. The number of para-hydroxylation sites is 1. The number of nitrogens with zero attached hydrogens (tertiary/aromatic N) is 3. The van der Waals surface area contributed by atoms with Gasteiger partial charge >= 0.3 is 6.18 Å². The summed E-state index contributed by atoms with van der Waals surface area (Å²) in [4.78, 5) is 23.4. The molecule has 0 bridgehead atoms. The van der Waals surface area contributed by atoms with Crippen LogP contribution < -0.4 is 0 Å². The van der Waals surface area contributed by atoms with Crippen LogP contribution in [0.25, 0.3) is 10.9 Å². The Balaban J connectivity index is 1.52. The minimum Gasteiger partial charge on any atom is -0.384 e. The van der Waals surface area contributed by atoms with Crippen LogP contribution in [0, 0.1) is 0 Å². The van der Waals surface area contributed by atoms with E-state index in [0.29, 0.717) is 23.1 Å². The Hall–Kier alpha value is -2.01. The van der Waals surface area contributed by atoms with Gasteiger partial charge in [-0.15, -0.1) is 11.3 Å². The lowest BCUT2D eigenvalue weighted by Crippen LogP contribution is -2.40. The fraction of sp³-hybridized carbons (Fsp3) is 0.381. The summed E-state index contributed by atoms with van der Waals surface area (Å²) in [6.07, 6.45) is -3.48. The average Bonchev–Trinajstić information content (AvgIpc) is 3.24. The molecule has 1 aliphatic heterocycles. The summed E-state index contributed by atoms with van der Waals surface area (Å²) >= 11 is 2.21. The molecule has 0 spiro atoms. The number of likely N-dealkylation sites (tertiary alicyclic amines) is 1. The molecule has 1 aliphatic rings. The van der Waals surface area contributed by atoms with Crippen molar-refractivity contribution in [2.45, 2.75) is 29.6 Å². The van der Waals surface area contributed by atoms with Crippen molar-refractivity contribution in [2.75, 3.05) is 25.9 Å². The third-order valence-corrected chi connectivity index (χ3v) is 7.63. The van der Waals surface area contributed by atoms with E-state index in [0.717, 1.165) is 29.7 Å². The number of thiophene rings is 1. The molecule has 0 saturated carbocycles. The van der Waals surface area contributed by atoms with Gasteiger partial charge < -0.3 is 10.0 Å². The van der Waals surface area contributed by atoms with Gasteiger partial charge in [0, 0.05) is 23.4 Å². The first-order valence-corrected chi connectivity index (χ1v) is 11.5. The molecule has 31 heavy (non-hydrogen) atoms. The Morgan fingerprint density at radius 2 is 1.90 bits per heavy atom. The quantitative estimate of drug-likeness (QED) is 0.336. The number of piperidine rings is 1. The van der Waals surface area contributed by atoms with Crippen molar-refractivity contribution in [1.82, 2.24) is 14.9 Å². The Labute approximate surface area is 185 Å². The van der Waals surface area contributed by atoms with E-state index in [1.807, 2.05) is 7.05 Å². The van der Waals surface area contributed by atoms with E-state index in [-0.39, 0.29) is 22.1 Å².